The third-order valence-electron chi connectivity index (χ3n) is 4.90. The van der Waals surface area contributed by atoms with Gasteiger partial charge in [-0.1, -0.05) is 6.07 Å². The molecule has 0 aromatic heterocycles. The lowest BCUT2D eigenvalue weighted by Gasteiger charge is -2.23. The number of rotatable bonds is 1. The fourth-order valence-electron chi connectivity index (χ4n) is 3.81. The van der Waals surface area contributed by atoms with E-state index >= 15 is 0 Å². The maximum atomic E-state index is 12.8. The van der Waals surface area contributed by atoms with Crippen LogP contribution in [-0.2, 0) is 0 Å². The first-order valence-corrected chi connectivity index (χ1v) is 7.60. The van der Waals surface area contributed by atoms with Crippen LogP contribution in [-0.4, -0.2) is 48.3 Å². The second-order valence-electron chi connectivity index (χ2n) is 6.11. The molecule has 1 aromatic carbocycles. The first-order valence-electron chi connectivity index (χ1n) is 7.60. The van der Waals surface area contributed by atoms with Gasteiger partial charge in [0.25, 0.3) is 5.91 Å². The summed E-state index contributed by atoms with van der Waals surface area (Å²) in [6.45, 7) is 2.38. The summed E-state index contributed by atoms with van der Waals surface area (Å²) in [6, 6.07) is 5.45. The van der Waals surface area contributed by atoms with Crippen LogP contribution in [0, 0.1) is 11.8 Å². The predicted molar refractivity (Wildman–Crippen MR) is 75.6 cm³/mol. The summed E-state index contributed by atoms with van der Waals surface area (Å²) >= 11 is 0. The number of likely N-dealkylation sites (tertiary alicyclic amines) is 1. The molecule has 4 rings (SSSR count). The summed E-state index contributed by atoms with van der Waals surface area (Å²) < 4.78 is 11.2. The number of nitrogens with zero attached hydrogens (tertiary/aromatic N) is 1. The summed E-state index contributed by atoms with van der Waals surface area (Å²) in [5, 5.41) is 9.98. The van der Waals surface area contributed by atoms with Crippen molar-refractivity contribution in [3.63, 3.8) is 0 Å². The molecule has 21 heavy (non-hydrogen) atoms. The van der Waals surface area contributed by atoms with E-state index in [4.69, 9.17) is 9.47 Å². The van der Waals surface area contributed by atoms with Crippen LogP contribution >= 0.6 is 0 Å². The number of carbonyl (C=O) groups excluding carboxylic acids is 1. The number of fused-ring (bicyclic) bond motifs is 2. The van der Waals surface area contributed by atoms with Gasteiger partial charge in [0.15, 0.2) is 11.5 Å². The highest BCUT2D eigenvalue weighted by molar-refractivity contribution is 5.98. The Kier molecular flexibility index (Phi) is 3.03. The van der Waals surface area contributed by atoms with E-state index in [9.17, 15) is 9.90 Å². The van der Waals surface area contributed by atoms with Gasteiger partial charge >= 0.3 is 0 Å². The fraction of sp³-hybridized carbons (Fsp3) is 0.562. The van der Waals surface area contributed by atoms with Crippen molar-refractivity contribution in [2.75, 3.05) is 26.3 Å². The molecule has 1 aliphatic carbocycles. The highest BCUT2D eigenvalue weighted by Gasteiger charge is 2.43. The van der Waals surface area contributed by atoms with E-state index in [-0.39, 0.29) is 17.9 Å². The molecule has 0 radical (unpaired) electrons. The van der Waals surface area contributed by atoms with Crippen LogP contribution in [0.1, 0.15) is 23.2 Å². The van der Waals surface area contributed by atoms with Crippen LogP contribution in [0.4, 0.5) is 0 Å². The lowest BCUT2D eigenvalue weighted by Crippen LogP contribution is -2.32. The van der Waals surface area contributed by atoms with Gasteiger partial charge in [0.1, 0.15) is 13.2 Å². The quantitative estimate of drug-likeness (QED) is 0.846. The second-order valence-corrected chi connectivity index (χ2v) is 6.11. The standard InChI is InChI=1S/C16H19NO4/c18-13-5-4-10-8-17(9-12(10)13)16(19)11-2-1-3-14-15(11)21-7-6-20-14/h1-3,10,12-13,18H,4-9H2. The average molecular weight is 289 g/mol. The largest absolute Gasteiger partial charge is 0.486 e. The molecule has 3 atom stereocenters. The second kappa shape index (κ2) is 4.91. The molecule has 1 saturated heterocycles. The Morgan fingerprint density at radius 1 is 1.19 bits per heavy atom. The SMILES string of the molecule is O=C(c1cccc2c1OCCO2)N1CC2CCC(O)C2C1. The van der Waals surface area contributed by atoms with Gasteiger partial charge in [0.2, 0.25) is 0 Å². The number of amides is 1. The van der Waals surface area contributed by atoms with Crippen LogP contribution in [0.15, 0.2) is 18.2 Å². The maximum absolute atomic E-state index is 12.8. The van der Waals surface area contributed by atoms with Crippen LogP contribution in [0.5, 0.6) is 11.5 Å². The van der Waals surface area contributed by atoms with E-state index in [1.807, 2.05) is 17.0 Å². The van der Waals surface area contributed by atoms with Gasteiger partial charge < -0.3 is 19.5 Å². The number of hydrogen-bond donors (Lipinski definition) is 1. The minimum atomic E-state index is -0.253. The summed E-state index contributed by atoms with van der Waals surface area (Å²) in [7, 11) is 0. The van der Waals surface area contributed by atoms with Gasteiger partial charge in [-0.15, -0.1) is 0 Å². The molecule has 2 aliphatic heterocycles. The Morgan fingerprint density at radius 2 is 2.05 bits per heavy atom. The van der Waals surface area contributed by atoms with E-state index in [0.29, 0.717) is 42.7 Å². The van der Waals surface area contributed by atoms with Gasteiger partial charge in [0.05, 0.1) is 11.7 Å². The van der Waals surface area contributed by atoms with E-state index in [0.717, 1.165) is 19.4 Å². The van der Waals surface area contributed by atoms with Crippen LogP contribution in [0.2, 0.25) is 0 Å². The maximum Gasteiger partial charge on any atom is 0.257 e. The lowest BCUT2D eigenvalue weighted by atomic mass is 10.00. The fourth-order valence-corrected chi connectivity index (χ4v) is 3.81. The Balaban J connectivity index is 1.59. The van der Waals surface area contributed by atoms with E-state index in [1.165, 1.54) is 0 Å². The number of carbonyl (C=O) groups is 1. The first-order chi connectivity index (χ1) is 10.2. The number of para-hydroxylation sites is 1. The molecule has 5 nitrogen and oxygen atoms in total. The monoisotopic (exact) mass is 289 g/mol. The van der Waals surface area contributed by atoms with Gasteiger partial charge in [-0.25, -0.2) is 0 Å². The molecular formula is C16H19NO4. The topological polar surface area (TPSA) is 59.0 Å². The van der Waals surface area contributed by atoms with Crippen molar-refractivity contribution in [2.45, 2.75) is 18.9 Å². The van der Waals surface area contributed by atoms with E-state index in [1.54, 1.807) is 6.07 Å². The van der Waals surface area contributed by atoms with Crippen LogP contribution < -0.4 is 9.47 Å². The van der Waals surface area contributed by atoms with Gasteiger partial charge in [-0.05, 0) is 30.9 Å². The summed E-state index contributed by atoms with van der Waals surface area (Å²) in [6.07, 6.45) is 1.63. The first kappa shape index (κ1) is 13.0. The zero-order chi connectivity index (χ0) is 14.4. The van der Waals surface area contributed by atoms with Gasteiger partial charge in [-0.2, -0.15) is 0 Å². The summed E-state index contributed by atoms with van der Waals surface area (Å²) in [5.41, 5.74) is 0.571. The Bertz CT molecular complexity index is 573. The minimum Gasteiger partial charge on any atom is -0.486 e. The molecule has 2 fully saturated rings. The highest BCUT2D eigenvalue weighted by Crippen LogP contribution is 2.40. The Hall–Kier alpha value is -1.75. The summed E-state index contributed by atoms with van der Waals surface area (Å²) in [5.74, 6) is 1.88. The minimum absolute atomic E-state index is 0.0149. The third-order valence-corrected chi connectivity index (χ3v) is 4.90. The molecule has 112 valence electrons. The Labute approximate surface area is 123 Å². The van der Waals surface area contributed by atoms with E-state index < -0.39 is 0 Å². The molecule has 5 heteroatoms. The summed E-state index contributed by atoms with van der Waals surface area (Å²) in [4.78, 5) is 14.6. The third kappa shape index (κ3) is 2.07. The number of aliphatic hydroxyl groups is 1. The number of ether oxygens (including phenoxy) is 2. The molecule has 1 N–H and O–H groups in total. The van der Waals surface area contributed by atoms with Crippen LogP contribution in [0.3, 0.4) is 0 Å². The molecular weight excluding hydrogens is 270 g/mol. The normalized spacial score (nSPS) is 30.3. The average Bonchev–Trinajstić information content (AvgIpc) is 3.08. The molecule has 1 saturated carbocycles. The zero-order valence-corrected chi connectivity index (χ0v) is 11.8. The van der Waals surface area contributed by atoms with Crippen LogP contribution in [0.25, 0.3) is 0 Å². The molecule has 1 amide bonds. The van der Waals surface area contributed by atoms with Crippen molar-refractivity contribution < 1.29 is 19.4 Å². The predicted octanol–water partition coefficient (Wildman–Crippen LogP) is 1.30. The van der Waals surface area contributed by atoms with Gasteiger partial charge in [0, 0.05) is 19.0 Å². The molecule has 3 unspecified atom stereocenters. The van der Waals surface area contributed by atoms with Crippen molar-refractivity contribution >= 4 is 5.91 Å². The molecule has 2 heterocycles. The smallest absolute Gasteiger partial charge is 0.257 e. The zero-order valence-electron chi connectivity index (χ0n) is 11.8. The number of benzene rings is 1. The van der Waals surface area contributed by atoms with Crippen molar-refractivity contribution in [3.8, 4) is 11.5 Å². The van der Waals surface area contributed by atoms with Crippen molar-refractivity contribution in [1.29, 1.82) is 0 Å². The molecule has 0 spiro atoms. The van der Waals surface area contributed by atoms with Crippen molar-refractivity contribution in [2.24, 2.45) is 11.8 Å². The number of hydrogen-bond acceptors (Lipinski definition) is 4. The molecule has 0 bridgehead atoms. The number of aliphatic hydroxyl groups excluding tert-OH is 1. The van der Waals surface area contributed by atoms with Crippen molar-refractivity contribution in [1.82, 2.24) is 4.90 Å². The molecule has 3 aliphatic rings. The highest BCUT2D eigenvalue weighted by atomic mass is 16.6. The Morgan fingerprint density at radius 3 is 2.90 bits per heavy atom. The lowest BCUT2D eigenvalue weighted by molar-refractivity contribution is 0.0742. The van der Waals surface area contributed by atoms with E-state index in [2.05, 4.69) is 0 Å². The van der Waals surface area contributed by atoms with Crippen molar-refractivity contribution in [3.05, 3.63) is 23.8 Å². The molecule has 1 aromatic rings. The van der Waals surface area contributed by atoms with Gasteiger partial charge in [-0.3, -0.25) is 4.79 Å².